The molecule has 2 aromatic rings. The molecule has 2 aromatic carbocycles. The maximum absolute atomic E-state index is 9.78. The summed E-state index contributed by atoms with van der Waals surface area (Å²) in [5.74, 6) is 0.324. The number of phenolic OH excluding ortho intramolecular Hbond substituents is 1. The smallest absolute Gasteiger partial charge is 0.123 e. The minimum absolute atomic E-state index is 0.0884. The normalized spacial score (nSPS) is 12.9. The zero-order valence-corrected chi connectivity index (χ0v) is 9.60. The molecule has 0 radical (unpaired) electrons. The van der Waals surface area contributed by atoms with Crippen molar-refractivity contribution in [3.05, 3.63) is 42.0 Å². The van der Waals surface area contributed by atoms with Crippen LogP contribution in [0.15, 0.2) is 36.4 Å². The van der Waals surface area contributed by atoms with Crippen LogP contribution in [0, 0.1) is 0 Å². The third-order valence-electron chi connectivity index (χ3n) is 2.94. The van der Waals surface area contributed by atoms with E-state index in [2.05, 4.69) is 6.92 Å². The molecule has 0 aliphatic rings. The Hall–Kier alpha value is -1.54. The fourth-order valence-corrected chi connectivity index (χ4v) is 2.10. The van der Waals surface area contributed by atoms with Crippen LogP contribution in [0.4, 0.5) is 0 Å². The van der Waals surface area contributed by atoms with E-state index in [1.165, 1.54) is 0 Å². The SMILES string of the molecule is CCC(OC)c1ccc(O)c2ccccc12. The summed E-state index contributed by atoms with van der Waals surface area (Å²) in [6, 6.07) is 11.5. The molecule has 2 nitrogen and oxygen atoms in total. The Morgan fingerprint density at radius 3 is 2.44 bits per heavy atom. The molecule has 0 amide bonds. The molecule has 0 aliphatic carbocycles. The Morgan fingerprint density at radius 1 is 1.12 bits per heavy atom. The van der Waals surface area contributed by atoms with Gasteiger partial charge in [-0.15, -0.1) is 0 Å². The summed E-state index contributed by atoms with van der Waals surface area (Å²) in [4.78, 5) is 0. The number of hydrogen-bond donors (Lipinski definition) is 1. The van der Waals surface area contributed by atoms with Gasteiger partial charge in [-0.05, 0) is 23.4 Å². The van der Waals surface area contributed by atoms with E-state index in [9.17, 15) is 5.11 Å². The third-order valence-corrected chi connectivity index (χ3v) is 2.94. The van der Waals surface area contributed by atoms with Gasteiger partial charge in [0.2, 0.25) is 0 Å². The average Bonchev–Trinajstić information content (AvgIpc) is 2.34. The van der Waals surface area contributed by atoms with E-state index in [0.29, 0.717) is 5.75 Å². The summed E-state index contributed by atoms with van der Waals surface area (Å²) >= 11 is 0. The van der Waals surface area contributed by atoms with Gasteiger partial charge in [0.25, 0.3) is 0 Å². The predicted octanol–water partition coefficient (Wildman–Crippen LogP) is 3.64. The van der Waals surface area contributed by atoms with E-state index in [1.807, 2.05) is 30.3 Å². The summed E-state index contributed by atoms with van der Waals surface area (Å²) < 4.78 is 5.45. The molecular formula is C14H16O2. The minimum atomic E-state index is 0.0884. The lowest BCUT2D eigenvalue weighted by molar-refractivity contribution is 0.101. The maximum Gasteiger partial charge on any atom is 0.123 e. The second-order valence-corrected chi connectivity index (χ2v) is 3.85. The van der Waals surface area contributed by atoms with Crippen molar-refractivity contribution in [3.8, 4) is 5.75 Å². The highest BCUT2D eigenvalue weighted by Crippen LogP contribution is 2.32. The Morgan fingerprint density at radius 2 is 1.81 bits per heavy atom. The minimum Gasteiger partial charge on any atom is -0.507 e. The van der Waals surface area contributed by atoms with Gasteiger partial charge < -0.3 is 9.84 Å². The van der Waals surface area contributed by atoms with E-state index in [-0.39, 0.29) is 6.10 Å². The second kappa shape index (κ2) is 4.54. The average molecular weight is 216 g/mol. The molecule has 0 aromatic heterocycles. The maximum atomic E-state index is 9.78. The lowest BCUT2D eigenvalue weighted by atomic mass is 9.98. The van der Waals surface area contributed by atoms with E-state index in [4.69, 9.17) is 4.74 Å². The number of methoxy groups -OCH3 is 1. The Bertz CT molecular complexity index is 487. The molecule has 0 bridgehead atoms. The van der Waals surface area contributed by atoms with Crippen molar-refractivity contribution < 1.29 is 9.84 Å². The van der Waals surface area contributed by atoms with Gasteiger partial charge in [-0.3, -0.25) is 0 Å². The quantitative estimate of drug-likeness (QED) is 0.848. The lowest BCUT2D eigenvalue weighted by Crippen LogP contribution is -2.00. The van der Waals surface area contributed by atoms with Crippen LogP contribution in [0.25, 0.3) is 10.8 Å². The van der Waals surface area contributed by atoms with Gasteiger partial charge in [-0.1, -0.05) is 37.3 Å². The van der Waals surface area contributed by atoms with Gasteiger partial charge >= 0.3 is 0 Å². The van der Waals surface area contributed by atoms with Crippen molar-refractivity contribution in [2.24, 2.45) is 0 Å². The molecule has 1 N–H and O–H groups in total. The van der Waals surface area contributed by atoms with Crippen molar-refractivity contribution in [1.29, 1.82) is 0 Å². The third kappa shape index (κ3) is 1.76. The van der Waals surface area contributed by atoms with Gasteiger partial charge in [0, 0.05) is 12.5 Å². The van der Waals surface area contributed by atoms with Crippen molar-refractivity contribution in [2.45, 2.75) is 19.4 Å². The fourth-order valence-electron chi connectivity index (χ4n) is 2.10. The zero-order valence-electron chi connectivity index (χ0n) is 9.60. The Kier molecular flexibility index (Phi) is 3.11. The van der Waals surface area contributed by atoms with E-state index in [0.717, 1.165) is 22.8 Å². The molecule has 0 heterocycles. The molecule has 0 saturated heterocycles. The largest absolute Gasteiger partial charge is 0.507 e. The summed E-state index contributed by atoms with van der Waals surface area (Å²) in [5.41, 5.74) is 1.14. The van der Waals surface area contributed by atoms with Gasteiger partial charge in [0.05, 0.1) is 6.10 Å². The topological polar surface area (TPSA) is 29.5 Å². The molecule has 1 atom stereocenters. The van der Waals surface area contributed by atoms with Crippen LogP contribution in [-0.2, 0) is 4.74 Å². The van der Waals surface area contributed by atoms with E-state index in [1.54, 1.807) is 13.2 Å². The second-order valence-electron chi connectivity index (χ2n) is 3.85. The van der Waals surface area contributed by atoms with Crippen molar-refractivity contribution >= 4 is 10.8 Å². The van der Waals surface area contributed by atoms with Crippen LogP contribution < -0.4 is 0 Å². The number of phenols is 1. The van der Waals surface area contributed by atoms with Gasteiger partial charge in [-0.25, -0.2) is 0 Å². The number of rotatable bonds is 3. The van der Waals surface area contributed by atoms with Crippen LogP contribution in [-0.4, -0.2) is 12.2 Å². The number of aromatic hydroxyl groups is 1. The number of hydrogen-bond acceptors (Lipinski definition) is 2. The highest BCUT2D eigenvalue weighted by atomic mass is 16.5. The summed E-state index contributed by atoms with van der Waals surface area (Å²) in [6.45, 7) is 2.09. The molecule has 0 spiro atoms. The van der Waals surface area contributed by atoms with E-state index >= 15 is 0 Å². The predicted molar refractivity (Wildman–Crippen MR) is 65.7 cm³/mol. The highest BCUT2D eigenvalue weighted by Gasteiger charge is 2.12. The lowest BCUT2D eigenvalue weighted by Gasteiger charge is -2.16. The number of ether oxygens (including phenoxy) is 1. The Balaban J connectivity index is 2.66. The van der Waals surface area contributed by atoms with Crippen molar-refractivity contribution in [3.63, 3.8) is 0 Å². The first-order valence-electron chi connectivity index (χ1n) is 5.51. The molecule has 0 fully saturated rings. The van der Waals surface area contributed by atoms with Crippen LogP contribution in [0.2, 0.25) is 0 Å². The van der Waals surface area contributed by atoms with Crippen molar-refractivity contribution in [2.75, 3.05) is 7.11 Å². The number of fused-ring (bicyclic) bond motifs is 1. The summed E-state index contributed by atoms with van der Waals surface area (Å²) in [6.07, 6.45) is 1.01. The van der Waals surface area contributed by atoms with Crippen LogP contribution in [0.5, 0.6) is 5.75 Å². The molecule has 16 heavy (non-hydrogen) atoms. The van der Waals surface area contributed by atoms with Crippen LogP contribution >= 0.6 is 0 Å². The first-order valence-corrected chi connectivity index (χ1v) is 5.51. The fraction of sp³-hybridized carbons (Fsp3) is 0.286. The van der Waals surface area contributed by atoms with Crippen LogP contribution in [0.3, 0.4) is 0 Å². The molecule has 84 valence electrons. The first-order chi connectivity index (χ1) is 7.77. The molecular weight excluding hydrogens is 200 g/mol. The Labute approximate surface area is 95.5 Å². The standard InChI is InChI=1S/C14H16O2/c1-3-14(16-2)12-8-9-13(15)11-7-5-4-6-10(11)12/h4-9,14-15H,3H2,1-2H3. The van der Waals surface area contributed by atoms with Gasteiger partial charge in [-0.2, -0.15) is 0 Å². The van der Waals surface area contributed by atoms with Gasteiger partial charge in [0.15, 0.2) is 0 Å². The first kappa shape index (κ1) is 11.0. The van der Waals surface area contributed by atoms with Crippen molar-refractivity contribution in [1.82, 2.24) is 0 Å². The van der Waals surface area contributed by atoms with Crippen LogP contribution in [0.1, 0.15) is 25.0 Å². The zero-order chi connectivity index (χ0) is 11.5. The summed E-state index contributed by atoms with van der Waals surface area (Å²) in [7, 11) is 1.72. The monoisotopic (exact) mass is 216 g/mol. The van der Waals surface area contributed by atoms with E-state index < -0.39 is 0 Å². The molecule has 0 saturated carbocycles. The number of benzene rings is 2. The molecule has 2 rings (SSSR count). The molecule has 2 heteroatoms. The molecule has 1 unspecified atom stereocenters. The van der Waals surface area contributed by atoms with Gasteiger partial charge in [0.1, 0.15) is 5.75 Å². The highest BCUT2D eigenvalue weighted by molar-refractivity contribution is 5.91. The molecule has 0 aliphatic heterocycles. The summed E-state index contributed by atoms with van der Waals surface area (Å²) in [5, 5.41) is 11.7.